The first-order chi connectivity index (χ1) is 11.3. The van der Waals surface area contributed by atoms with Crippen LogP contribution in [0, 0.1) is 0 Å². The molecule has 0 bridgehead atoms. The Balaban J connectivity index is 1.47. The summed E-state index contributed by atoms with van der Waals surface area (Å²) in [4.78, 5) is 12.2. The van der Waals surface area contributed by atoms with Crippen molar-refractivity contribution in [2.45, 2.75) is 44.2 Å². The van der Waals surface area contributed by atoms with Crippen LogP contribution in [0.1, 0.15) is 38.1 Å². The first-order valence-electron chi connectivity index (χ1n) is 8.21. The van der Waals surface area contributed by atoms with E-state index >= 15 is 0 Å². The van der Waals surface area contributed by atoms with Gasteiger partial charge in [-0.15, -0.1) is 5.10 Å². The zero-order valence-electron chi connectivity index (χ0n) is 12.9. The van der Waals surface area contributed by atoms with E-state index < -0.39 is 0 Å². The number of amides is 1. The molecule has 1 aromatic carbocycles. The number of anilines is 1. The Morgan fingerprint density at radius 1 is 1.35 bits per heavy atom. The molecule has 4 rings (SSSR count). The molecule has 1 saturated heterocycles. The molecule has 0 spiro atoms. The van der Waals surface area contributed by atoms with Crippen LogP contribution >= 0.6 is 0 Å². The van der Waals surface area contributed by atoms with Crippen LogP contribution in [0.15, 0.2) is 24.3 Å². The summed E-state index contributed by atoms with van der Waals surface area (Å²) < 4.78 is 1.88. The summed E-state index contributed by atoms with van der Waals surface area (Å²) in [6, 6.07) is 8.45. The number of aromatic nitrogens is 4. The SMILES string of the molecule is O=C(CC1CCCN1)Nc1cccc(-c2nnnn2C2CC2)c1. The number of hydrogen-bond acceptors (Lipinski definition) is 5. The van der Waals surface area contributed by atoms with Gasteiger partial charge in [-0.1, -0.05) is 12.1 Å². The van der Waals surface area contributed by atoms with Crippen molar-refractivity contribution < 1.29 is 4.79 Å². The van der Waals surface area contributed by atoms with Crippen LogP contribution in [0.2, 0.25) is 0 Å². The lowest BCUT2D eigenvalue weighted by Crippen LogP contribution is -2.27. The fourth-order valence-electron chi connectivity index (χ4n) is 3.05. The number of carbonyl (C=O) groups is 1. The van der Waals surface area contributed by atoms with Gasteiger partial charge in [-0.05, 0) is 54.8 Å². The van der Waals surface area contributed by atoms with E-state index in [4.69, 9.17) is 0 Å². The number of nitrogens with zero attached hydrogens (tertiary/aromatic N) is 4. The smallest absolute Gasteiger partial charge is 0.225 e. The van der Waals surface area contributed by atoms with E-state index in [0.717, 1.165) is 49.3 Å². The highest BCUT2D eigenvalue weighted by molar-refractivity contribution is 5.91. The van der Waals surface area contributed by atoms with Crippen LogP contribution in [0.25, 0.3) is 11.4 Å². The third kappa shape index (κ3) is 3.24. The molecule has 2 aliphatic rings. The van der Waals surface area contributed by atoms with Gasteiger partial charge in [0.15, 0.2) is 5.82 Å². The quantitative estimate of drug-likeness (QED) is 0.878. The Bertz CT molecular complexity index is 702. The molecule has 7 nitrogen and oxygen atoms in total. The molecule has 1 atom stereocenters. The Morgan fingerprint density at radius 2 is 2.26 bits per heavy atom. The second-order valence-electron chi connectivity index (χ2n) is 6.30. The average molecular weight is 312 g/mol. The second-order valence-corrected chi connectivity index (χ2v) is 6.30. The van der Waals surface area contributed by atoms with Gasteiger partial charge in [0.25, 0.3) is 0 Å². The van der Waals surface area contributed by atoms with Crippen LogP contribution < -0.4 is 10.6 Å². The molecule has 1 amide bonds. The predicted molar refractivity (Wildman–Crippen MR) is 85.8 cm³/mol. The molecule has 2 fully saturated rings. The molecule has 23 heavy (non-hydrogen) atoms. The van der Waals surface area contributed by atoms with Gasteiger partial charge in [-0.2, -0.15) is 0 Å². The van der Waals surface area contributed by atoms with Gasteiger partial charge in [0.05, 0.1) is 6.04 Å². The summed E-state index contributed by atoms with van der Waals surface area (Å²) in [5, 5.41) is 18.3. The third-order valence-corrected chi connectivity index (χ3v) is 4.38. The molecule has 7 heteroatoms. The van der Waals surface area contributed by atoms with Crippen molar-refractivity contribution in [2.75, 3.05) is 11.9 Å². The first kappa shape index (κ1) is 14.3. The highest BCUT2D eigenvalue weighted by atomic mass is 16.1. The van der Waals surface area contributed by atoms with Crippen molar-refractivity contribution in [1.29, 1.82) is 0 Å². The zero-order chi connectivity index (χ0) is 15.6. The maximum Gasteiger partial charge on any atom is 0.225 e. The van der Waals surface area contributed by atoms with Crippen molar-refractivity contribution >= 4 is 11.6 Å². The number of nitrogens with one attached hydrogen (secondary N) is 2. The van der Waals surface area contributed by atoms with Gasteiger partial charge in [0.1, 0.15) is 0 Å². The van der Waals surface area contributed by atoms with Crippen molar-refractivity contribution in [2.24, 2.45) is 0 Å². The monoisotopic (exact) mass is 312 g/mol. The van der Waals surface area contributed by atoms with Crippen LogP contribution in [-0.4, -0.2) is 38.7 Å². The van der Waals surface area contributed by atoms with E-state index in [1.807, 2.05) is 28.9 Å². The molecule has 1 aliphatic heterocycles. The summed E-state index contributed by atoms with van der Waals surface area (Å²) in [6.07, 6.45) is 5.00. The molecular formula is C16H20N6O. The van der Waals surface area contributed by atoms with E-state index in [1.54, 1.807) is 0 Å². The lowest BCUT2D eigenvalue weighted by Gasteiger charge is -2.11. The molecule has 2 N–H and O–H groups in total. The fourth-order valence-corrected chi connectivity index (χ4v) is 3.05. The van der Waals surface area contributed by atoms with E-state index in [1.165, 1.54) is 0 Å². The fraction of sp³-hybridized carbons (Fsp3) is 0.500. The van der Waals surface area contributed by atoms with Crippen molar-refractivity contribution in [1.82, 2.24) is 25.5 Å². The summed E-state index contributed by atoms with van der Waals surface area (Å²) in [5.74, 6) is 0.810. The van der Waals surface area contributed by atoms with Crippen molar-refractivity contribution in [3.05, 3.63) is 24.3 Å². The molecule has 1 aliphatic carbocycles. The lowest BCUT2D eigenvalue weighted by molar-refractivity contribution is -0.116. The number of carbonyl (C=O) groups excluding carboxylic acids is 1. The molecule has 1 unspecified atom stereocenters. The van der Waals surface area contributed by atoms with Crippen LogP contribution in [0.5, 0.6) is 0 Å². The maximum absolute atomic E-state index is 12.2. The van der Waals surface area contributed by atoms with Gasteiger partial charge < -0.3 is 10.6 Å². The Hall–Kier alpha value is -2.28. The maximum atomic E-state index is 12.2. The summed E-state index contributed by atoms with van der Waals surface area (Å²) in [6.45, 7) is 1.01. The number of rotatable bonds is 5. The van der Waals surface area contributed by atoms with Crippen LogP contribution in [0.4, 0.5) is 5.69 Å². The topological polar surface area (TPSA) is 84.7 Å². The van der Waals surface area contributed by atoms with Gasteiger partial charge in [-0.25, -0.2) is 4.68 Å². The normalized spacial score (nSPS) is 20.6. The standard InChI is InChI=1S/C16H20N6O/c23-15(10-12-5-2-8-17-12)18-13-4-1-3-11(9-13)16-19-20-21-22(16)14-6-7-14/h1,3-4,9,12,14,17H,2,5-8,10H2,(H,18,23). The molecule has 2 aromatic rings. The minimum absolute atomic E-state index is 0.0448. The zero-order valence-corrected chi connectivity index (χ0v) is 12.9. The first-order valence-corrected chi connectivity index (χ1v) is 8.21. The minimum Gasteiger partial charge on any atom is -0.326 e. The third-order valence-electron chi connectivity index (χ3n) is 4.38. The Kier molecular flexibility index (Phi) is 3.78. The van der Waals surface area contributed by atoms with E-state index in [-0.39, 0.29) is 5.91 Å². The predicted octanol–water partition coefficient (Wildman–Crippen LogP) is 1.76. The van der Waals surface area contributed by atoms with E-state index in [0.29, 0.717) is 18.5 Å². The Morgan fingerprint density at radius 3 is 3.04 bits per heavy atom. The Labute approximate surface area is 134 Å². The van der Waals surface area contributed by atoms with Gasteiger partial charge in [0, 0.05) is 23.7 Å². The molecule has 0 radical (unpaired) electrons. The van der Waals surface area contributed by atoms with Crippen LogP contribution in [-0.2, 0) is 4.79 Å². The second kappa shape index (κ2) is 6.08. The summed E-state index contributed by atoms with van der Waals surface area (Å²) in [5.41, 5.74) is 1.72. The van der Waals surface area contributed by atoms with Gasteiger partial charge in [-0.3, -0.25) is 4.79 Å². The van der Waals surface area contributed by atoms with Gasteiger partial charge in [0.2, 0.25) is 5.91 Å². The largest absolute Gasteiger partial charge is 0.326 e. The molecular weight excluding hydrogens is 292 g/mol. The highest BCUT2D eigenvalue weighted by Gasteiger charge is 2.28. The number of hydrogen-bond donors (Lipinski definition) is 2. The van der Waals surface area contributed by atoms with Crippen LogP contribution in [0.3, 0.4) is 0 Å². The van der Waals surface area contributed by atoms with Gasteiger partial charge >= 0.3 is 0 Å². The summed E-state index contributed by atoms with van der Waals surface area (Å²) in [7, 11) is 0. The minimum atomic E-state index is 0.0448. The van der Waals surface area contributed by atoms with E-state index in [2.05, 4.69) is 26.2 Å². The molecule has 2 heterocycles. The molecule has 1 aromatic heterocycles. The summed E-state index contributed by atoms with van der Waals surface area (Å²) >= 11 is 0. The molecule has 120 valence electrons. The highest BCUT2D eigenvalue weighted by Crippen LogP contribution is 2.36. The van der Waals surface area contributed by atoms with E-state index in [9.17, 15) is 4.79 Å². The van der Waals surface area contributed by atoms with Crippen molar-refractivity contribution in [3.8, 4) is 11.4 Å². The number of benzene rings is 1. The average Bonchev–Trinajstić information content (AvgIpc) is 3.06. The lowest BCUT2D eigenvalue weighted by atomic mass is 10.1. The van der Waals surface area contributed by atoms with Crippen molar-refractivity contribution in [3.63, 3.8) is 0 Å². The number of tetrazole rings is 1. The molecule has 1 saturated carbocycles.